The molecule has 0 bridgehead atoms. The summed E-state index contributed by atoms with van der Waals surface area (Å²) in [5.41, 5.74) is 0.481. The molecule has 2 aromatic carbocycles. The lowest BCUT2D eigenvalue weighted by molar-refractivity contribution is -0.115. The van der Waals surface area contributed by atoms with Gasteiger partial charge in [-0.2, -0.15) is 0 Å². The fourth-order valence-corrected chi connectivity index (χ4v) is 3.25. The number of fused-ring (bicyclic) bond motifs is 1. The van der Waals surface area contributed by atoms with Gasteiger partial charge in [0.25, 0.3) is 0 Å². The average Bonchev–Trinajstić information content (AvgIpc) is 3.01. The van der Waals surface area contributed by atoms with E-state index in [1.807, 2.05) is 0 Å². The molecule has 0 unspecified atom stereocenters. The number of amides is 1. The first-order valence-electron chi connectivity index (χ1n) is 6.89. The lowest BCUT2D eigenvalue weighted by Gasteiger charge is -2.08. The molecule has 3 rings (SSSR count). The maximum Gasteiger partial charge on any atom is 0.241 e. The molecule has 1 heterocycles. The summed E-state index contributed by atoms with van der Waals surface area (Å²) >= 11 is 5.82. The Morgan fingerprint density at radius 2 is 1.92 bits per heavy atom. The third-order valence-electron chi connectivity index (χ3n) is 3.19. The smallest absolute Gasteiger partial charge is 0.241 e. The monoisotopic (exact) mass is 368 g/mol. The van der Waals surface area contributed by atoms with E-state index >= 15 is 0 Å². The van der Waals surface area contributed by atoms with Crippen LogP contribution < -0.4 is 19.5 Å². The summed E-state index contributed by atoms with van der Waals surface area (Å²) in [4.78, 5) is 11.9. The third kappa shape index (κ3) is 3.78. The van der Waals surface area contributed by atoms with Crippen molar-refractivity contribution in [3.05, 3.63) is 47.5 Å². The van der Waals surface area contributed by atoms with Crippen molar-refractivity contribution in [2.75, 3.05) is 18.7 Å². The Balaban J connectivity index is 1.63. The minimum Gasteiger partial charge on any atom is -0.454 e. The summed E-state index contributed by atoms with van der Waals surface area (Å²) < 4.78 is 37.0. The molecule has 126 valence electrons. The van der Waals surface area contributed by atoms with E-state index in [9.17, 15) is 13.2 Å². The van der Waals surface area contributed by atoms with Crippen molar-refractivity contribution in [1.29, 1.82) is 0 Å². The lowest BCUT2D eigenvalue weighted by Crippen LogP contribution is -2.32. The lowest BCUT2D eigenvalue weighted by atomic mass is 10.3. The molecule has 0 radical (unpaired) electrons. The number of ether oxygens (including phenoxy) is 2. The predicted molar refractivity (Wildman–Crippen MR) is 87.8 cm³/mol. The summed E-state index contributed by atoms with van der Waals surface area (Å²) in [7, 11) is -3.85. The average molecular weight is 369 g/mol. The zero-order chi connectivity index (χ0) is 17.2. The van der Waals surface area contributed by atoms with Gasteiger partial charge in [0, 0.05) is 16.8 Å². The van der Waals surface area contributed by atoms with Gasteiger partial charge in [0.1, 0.15) is 0 Å². The maximum absolute atomic E-state index is 12.2. The minimum atomic E-state index is -3.85. The van der Waals surface area contributed by atoms with Crippen LogP contribution in [0.25, 0.3) is 0 Å². The fourth-order valence-electron chi connectivity index (χ4n) is 2.06. The largest absolute Gasteiger partial charge is 0.454 e. The summed E-state index contributed by atoms with van der Waals surface area (Å²) in [6, 6.07) is 10.8. The van der Waals surface area contributed by atoms with Crippen LogP contribution in [0, 0.1) is 0 Å². The SMILES string of the molecule is O=C(CNS(=O)(=O)c1ccc2c(c1)OCO2)Nc1cccc(Cl)c1. The van der Waals surface area contributed by atoms with Gasteiger partial charge in [-0.05, 0) is 30.3 Å². The van der Waals surface area contributed by atoms with Crippen molar-refractivity contribution in [3.8, 4) is 11.5 Å². The molecular weight excluding hydrogens is 356 g/mol. The Bertz CT molecular complexity index is 885. The number of halogens is 1. The van der Waals surface area contributed by atoms with Gasteiger partial charge < -0.3 is 14.8 Å². The molecule has 1 aliphatic rings. The highest BCUT2D eigenvalue weighted by Gasteiger charge is 2.20. The van der Waals surface area contributed by atoms with Crippen LogP contribution in [0.5, 0.6) is 11.5 Å². The molecule has 0 aliphatic carbocycles. The van der Waals surface area contributed by atoms with Gasteiger partial charge in [-0.3, -0.25) is 4.79 Å². The van der Waals surface area contributed by atoms with E-state index in [0.717, 1.165) is 0 Å². The topological polar surface area (TPSA) is 93.7 Å². The number of carbonyl (C=O) groups excluding carboxylic acids is 1. The maximum atomic E-state index is 12.2. The normalized spacial score (nSPS) is 12.9. The second-order valence-electron chi connectivity index (χ2n) is 4.90. The minimum absolute atomic E-state index is 0.0118. The molecule has 0 fully saturated rings. The number of hydrogen-bond donors (Lipinski definition) is 2. The van der Waals surface area contributed by atoms with Crippen molar-refractivity contribution in [2.24, 2.45) is 0 Å². The Kier molecular flexibility index (Phi) is 4.61. The van der Waals surface area contributed by atoms with Crippen molar-refractivity contribution in [3.63, 3.8) is 0 Å². The van der Waals surface area contributed by atoms with Crippen LogP contribution in [-0.2, 0) is 14.8 Å². The van der Waals surface area contributed by atoms with E-state index in [2.05, 4.69) is 10.0 Å². The number of benzene rings is 2. The van der Waals surface area contributed by atoms with E-state index in [4.69, 9.17) is 21.1 Å². The first-order valence-corrected chi connectivity index (χ1v) is 8.75. The van der Waals surface area contributed by atoms with Crippen molar-refractivity contribution >= 4 is 33.2 Å². The summed E-state index contributed by atoms with van der Waals surface area (Å²) in [6.07, 6.45) is 0. The fraction of sp³-hybridized carbons (Fsp3) is 0.133. The van der Waals surface area contributed by atoms with Crippen LogP contribution >= 0.6 is 11.6 Å². The summed E-state index contributed by atoms with van der Waals surface area (Å²) in [6.45, 7) is -0.363. The van der Waals surface area contributed by atoms with Crippen molar-refractivity contribution < 1.29 is 22.7 Å². The van der Waals surface area contributed by atoms with E-state index < -0.39 is 22.5 Å². The van der Waals surface area contributed by atoms with Crippen LogP contribution in [0.3, 0.4) is 0 Å². The summed E-state index contributed by atoms with van der Waals surface area (Å²) in [5, 5.41) is 3.02. The molecule has 0 atom stereocenters. The van der Waals surface area contributed by atoms with E-state index in [1.54, 1.807) is 24.3 Å². The molecule has 0 saturated heterocycles. The first-order chi connectivity index (χ1) is 11.4. The Morgan fingerprint density at radius 3 is 2.71 bits per heavy atom. The van der Waals surface area contributed by atoms with Gasteiger partial charge in [-0.15, -0.1) is 0 Å². The van der Waals surface area contributed by atoms with E-state index in [1.165, 1.54) is 18.2 Å². The van der Waals surface area contributed by atoms with Crippen LogP contribution in [0.1, 0.15) is 0 Å². The standard InChI is InChI=1S/C15H13ClN2O5S/c16-10-2-1-3-11(6-10)18-15(19)8-17-24(20,21)12-4-5-13-14(7-12)23-9-22-13/h1-7,17H,8-9H2,(H,18,19). The van der Waals surface area contributed by atoms with Gasteiger partial charge >= 0.3 is 0 Å². The highest BCUT2D eigenvalue weighted by molar-refractivity contribution is 7.89. The molecule has 7 nitrogen and oxygen atoms in total. The van der Waals surface area contributed by atoms with Crippen LogP contribution in [-0.4, -0.2) is 27.7 Å². The van der Waals surface area contributed by atoms with Crippen LogP contribution in [0.15, 0.2) is 47.4 Å². The number of carbonyl (C=O) groups is 1. The molecule has 1 aliphatic heterocycles. The molecule has 9 heteroatoms. The van der Waals surface area contributed by atoms with E-state index in [-0.39, 0.29) is 11.7 Å². The summed E-state index contributed by atoms with van der Waals surface area (Å²) in [5.74, 6) is 0.315. The van der Waals surface area contributed by atoms with Crippen molar-refractivity contribution in [1.82, 2.24) is 4.72 Å². The molecule has 0 saturated carbocycles. The van der Waals surface area contributed by atoms with Crippen molar-refractivity contribution in [2.45, 2.75) is 4.90 Å². The highest BCUT2D eigenvalue weighted by Crippen LogP contribution is 2.33. The van der Waals surface area contributed by atoms with Gasteiger partial charge in [-0.25, -0.2) is 13.1 Å². The first kappa shape index (κ1) is 16.6. The van der Waals surface area contributed by atoms with Gasteiger partial charge in [0.15, 0.2) is 11.5 Å². The molecule has 2 aromatic rings. The predicted octanol–water partition coefficient (Wildman–Crippen LogP) is 1.99. The zero-order valence-electron chi connectivity index (χ0n) is 12.3. The molecule has 1 amide bonds. The molecule has 2 N–H and O–H groups in total. The number of sulfonamides is 1. The molecular formula is C15H13ClN2O5S. The second-order valence-corrected chi connectivity index (χ2v) is 7.10. The number of anilines is 1. The van der Waals surface area contributed by atoms with Gasteiger partial charge in [0.05, 0.1) is 11.4 Å². The number of rotatable bonds is 5. The van der Waals surface area contributed by atoms with E-state index in [0.29, 0.717) is 22.2 Å². The van der Waals surface area contributed by atoms with Gasteiger partial charge in [-0.1, -0.05) is 17.7 Å². The Morgan fingerprint density at radius 1 is 1.12 bits per heavy atom. The number of nitrogens with one attached hydrogen (secondary N) is 2. The van der Waals surface area contributed by atoms with Crippen LogP contribution in [0.2, 0.25) is 5.02 Å². The molecule has 0 aromatic heterocycles. The second kappa shape index (κ2) is 6.68. The Hall–Kier alpha value is -2.29. The quantitative estimate of drug-likeness (QED) is 0.841. The molecule has 24 heavy (non-hydrogen) atoms. The molecule has 0 spiro atoms. The van der Waals surface area contributed by atoms with Crippen LogP contribution in [0.4, 0.5) is 5.69 Å². The highest BCUT2D eigenvalue weighted by atomic mass is 35.5. The zero-order valence-corrected chi connectivity index (χ0v) is 13.9. The van der Waals surface area contributed by atoms with Gasteiger partial charge in [0.2, 0.25) is 22.7 Å². The Labute approximate surface area is 143 Å². The number of hydrogen-bond acceptors (Lipinski definition) is 5. The third-order valence-corrected chi connectivity index (χ3v) is 4.82.